The molecule has 2 amide bonds. The molecule has 0 aliphatic rings. The summed E-state index contributed by atoms with van der Waals surface area (Å²) in [7, 11) is 2.94. The number of hydrogen-bond donors (Lipinski definition) is 1. The summed E-state index contributed by atoms with van der Waals surface area (Å²) in [6.45, 7) is 2.06. The van der Waals surface area contributed by atoms with Crippen molar-refractivity contribution < 1.29 is 18.8 Å². The summed E-state index contributed by atoms with van der Waals surface area (Å²) in [4.78, 5) is 29.1. The van der Waals surface area contributed by atoms with Gasteiger partial charge < -0.3 is 14.6 Å². The monoisotopic (exact) mass is 360 g/mol. The number of aryl methyl sites for hydroxylation is 2. The number of methoxy groups -OCH3 is 1. The van der Waals surface area contributed by atoms with Crippen LogP contribution in [-0.2, 0) is 22.4 Å². The predicted octanol–water partition coefficient (Wildman–Crippen LogP) is 3.19. The average molecular weight is 360 g/mol. The van der Waals surface area contributed by atoms with Gasteiger partial charge in [-0.1, -0.05) is 12.1 Å². The van der Waals surface area contributed by atoms with Crippen LogP contribution in [0.2, 0.25) is 0 Å². The Balaban J connectivity index is 1.77. The molecule has 0 spiro atoms. The van der Waals surface area contributed by atoms with Gasteiger partial charge in [-0.05, 0) is 37.1 Å². The van der Waals surface area contributed by atoms with Gasteiger partial charge in [-0.2, -0.15) is 4.98 Å². The molecule has 1 N–H and O–H groups in total. The topological polar surface area (TPSA) is 97.6 Å². The highest BCUT2D eigenvalue weighted by Crippen LogP contribution is 2.18. The van der Waals surface area contributed by atoms with Gasteiger partial charge in [0, 0.05) is 37.7 Å². The van der Waals surface area contributed by atoms with E-state index in [1.54, 1.807) is 31.3 Å². The minimum atomic E-state index is -0.454. The van der Waals surface area contributed by atoms with Gasteiger partial charge in [-0.3, -0.25) is 9.69 Å². The molecule has 0 saturated heterocycles. The summed E-state index contributed by atoms with van der Waals surface area (Å²) in [6.07, 6.45) is 2.87. The molecule has 1 aromatic heterocycles. The first-order valence-electron chi connectivity index (χ1n) is 8.56. The number of hydrogen-bond acceptors (Lipinski definition) is 6. The molecule has 2 rings (SSSR count). The van der Waals surface area contributed by atoms with Gasteiger partial charge in [-0.15, -0.1) is 0 Å². The van der Waals surface area contributed by atoms with Crippen LogP contribution in [0.4, 0.5) is 16.2 Å². The number of carbonyl (C=O) groups excluding carboxylic acids is 2. The van der Waals surface area contributed by atoms with Crippen molar-refractivity contribution in [3.05, 3.63) is 36.0 Å². The predicted molar refractivity (Wildman–Crippen MR) is 97.1 cm³/mol. The van der Waals surface area contributed by atoms with Crippen LogP contribution in [0.15, 0.2) is 28.8 Å². The summed E-state index contributed by atoms with van der Waals surface area (Å²) in [5, 5.41) is 6.71. The quantitative estimate of drug-likeness (QED) is 0.776. The van der Waals surface area contributed by atoms with Crippen LogP contribution < -0.4 is 10.2 Å². The lowest BCUT2D eigenvalue weighted by molar-refractivity contribution is -0.116. The average Bonchev–Trinajstić information content (AvgIpc) is 3.09. The second-order valence-corrected chi connectivity index (χ2v) is 5.83. The second kappa shape index (κ2) is 9.55. The Morgan fingerprint density at radius 2 is 1.96 bits per heavy atom. The molecule has 0 fully saturated rings. The Hall–Kier alpha value is -2.90. The van der Waals surface area contributed by atoms with E-state index in [9.17, 15) is 9.59 Å². The van der Waals surface area contributed by atoms with Gasteiger partial charge in [0.15, 0.2) is 5.82 Å². The van der Waals surface area contributed by atoms with E-state index in [0.29, 0.717) is 42.4 Å². The van der Waals surface area contributed by atoms with E-state index in [-0.39, 0.29) is 5.91 Å². The zero-order chi connectivity index (χ0) is 18.9. The first kappa shape index (κ1) is 19.4. The van der Waals surface area contributed by atoms with Gasteiger partial charge >= 0.3 is 6.09 Å². The fourth-order valence-corrected chi connectivity index (χ4v) is 2.35. The third kappa shape index (κ3) is 5.58. The van der Waals surface area contributed by atoms with E-state index < -0.39 is 6.09 Å². The number of ether oxygens (including phenoxy) is 1. The second-order valence-electron chi connectivity index (χ2n) is 5.83. The lowest BCUT2D eigenvalue weighted by atomic mass is 10.2. The van der Waals surface area contributed by atoms with E-state index in [4.69, 9.17) is 4.52 Å². The van der Waals surface area contributed by atoms with Crippen LogP contribution in [-0.4, -0.2) is 36.3 Å². The molecule has 0 atom stereocenters. The molecular formula is C18H24N4O4. The zero-order valence-electron chi connectivity index (χ0n) is 15.3. The van der Waals surface area contributed by atoms with E-state index in [0.717, 1.165) is 12.8 Å². The summed E-state index contributed by atoms with van der Waals surface area (Å²) in [5.74, 6) is 1.19. The molecule has 26 heavy (non-hydrogen) atoms. The SMILES string of the molecule is CCCc1noc(CCCC(=O)Nc2ccc(N(C)C(=O)OC)cc2)n1. The Kier molecular flexibility index (Phi) is 7.13. The van der Waals surface area contributed by atoms with Crippen molar-refractivity contribution in [3.8, 4) is 0 Å². The maximum Gasteiger partial charge on any atom is 0.413 e. The van der Waals surface area contributed by atoms with Crippen molar-refractivity contribution in [1.29, 1.82) is 0 Å². The molecule has 1 aromatic carbocycles. The summed E-state index contributed by atoms with van der Waals surface area (Å²) in [5.41, 5.74) is 1.34. The molecule has 140 valence electrons. The van der Waals surface area contributed by atoms with Crippen LogP contribution in [0.5, 0.6) is 0 Å². The van der Waals surface area contributed by atoms with Crippen molar-refractivity contribution in [2.24, 2.45) is 0 Å². The van der Waals surface area contributed by atoms with E-state index in [1.165, 1.54) is 12.0 Å². The molecule has 0 saturated carbocycles. The minimum absolute atomic E-state index is 0.0904. The van der Waals surface area contributed by atoms with Crippen LogP contribution in [0.1, 0.15) is 37.9 Å². The van der Waals surface area contributed by atoms with Crippen molar-refractivity contribution >= 4 is 23.4 Å². The van der Waals surface area contributed by atoms with E-state index in [2.05, 4.69) is 27.1 Å². The van der Waals surface area contributed by atoms with Gasteiger partial charge in [0.2, 0.25) is 11.8 Å². The number of benzene rings is 1. The van der Waals surface area contributed by atoms with Gasteiger partial charge in [-0.25, -0.2) is 4.79 Å². The van der Waals surface area contributed by atoms with Crippen LogP contribution >= 0.6 is 0 Å². The number of amides is 2. The van der Waals surface area contributed by atoms with E-state index >= 15 is 0 Å². The Morgan fingerprint density at radius 3 is 2.62 bits per heavy atom. The largest absolute Gasteiger partial charge is 0.452 e. The molecule has 2 aromatic rings. The molecule has 0 radical (unpaired) electrons. The Bertz CT molecular complexity index is 727. The van der Waals surface area contributed by atoms with Crippen molar-refractivity contribution in [3.63, 3.8) is 0 Å². The fraction of sp³-hybridized carbons (Fsp3) is 0.444. The Labute approximate surface area is 152 Å². The van der Waals surface area contributed by atoms with Gasteiger partial charge in [0.25, 0.3) is 0 Å². The van der Waals surface area contributed by atoms with Gasteiger partial charge in [0.05, 0.1) is 7.11 Å². The first-order valence-corrected chi connectivity index (χ1v) is 8.56. The summed E-state index contributed by atoms with van der Waals surface area (Å²) in [6, 6.07) is 6.95. The molecule has 0 bridgehead atoms. The summed E-state index contributed by atoms with van der Waals surface area (Å²) < 4.78 is 9.80. The lowest BCUT2D eigenvalue weighted by Crippen LogP contribution is -2.25. The number of aromatic nitrogens is 2. The van der Waals surface area contributed by atoms with Crippen LogP contribution in [0, 0.1) is 0 Å². The highest BCUT2D eigenvalue weighted by atomic mass is 16.5. The smallest absolute Gasteiger partial charge is 0.413 e. The number of nitrogens with zero attached hydrogens (tertiary/aromatic N) is 3. The van der Waals surface area contributed by atoms with Gasteiger partial charge in [0.1, 0.15) is 0 Å². The fourth-order valence-electron chi connectivity index (χ4n) is 2.35. The zero-order valence-corrected chi connectivity index (χ0v) is 15.3. The maximum absolute atomic E-state index is 12.0. The van der Waals surface area contributed by atoms with Crippen molar-refractivity contribution in [2.45, 2.75) is 39.0 Å². The van der Waals surface area contributed by atoms with Crippen LogP contribution in [0.25, 0.3) is 0 Å². The molecule has 8 heteroatoms. The normalized spacial score (nSPS) is 10.4. The van der Waals surface area contributed by atoms with Crippen molar-refractivity contribution in [1.82, 2.24) is 10.1 Å². The van der Waals surface area contributed by atoms with Crippen molar-refractivity contribution in [2.75, 3.05) is 24.4 Å². The third-order valence-corrected chi connectivity index (χ3v) is 3.77. The van der Waals surface area contributed by atoms with E-state index in [1.807, 2.05) is 0 Å². The minimum Gasteiger partial charge on any atom is -0.452 e. The number of anilines is 2. The highest BCUT2D eigenvalue weighted by molar-refractivity contribution is 5.91. The molecule has 0 aliphatic heterocycles. The molecule has 0 unspecified atom stereocenters. The molecule has 1 heterocycles. The molecular weight excluding hydrogens is 336 g/mol. The highest BCUT2D eigenvalue weighted by Gasteiger charge is 2.11. The first-order chi connectivity index (χ1) is 12.5. The number of nitrogens with one attached hydrogen (secondary N) is 1. The standard InChI is InChI=1S/C18H24N4O4/c1-4-6-15-20-17(26-21-15)8-5-7-16(23)19-13-9-11-14(12-10-13)22(2)18(24)25-3/h9-12H,4-8H2,1-3H3,(H,19,23). The lowest BCUT2D eigenvalue weighted by Gasteiger charge is -2.15. The maximum atomic E-state index is 12.0. The molecule has 8 nitrogen and oxygen atoms in total. The Morgan fingerprint density at radius 1 is 1.23 bits per heavy atom. The number of carbonyl (C=O) groups is 2. The third-order valence-electron chi connectivity index (χ3n) is 3.77. The van der Waals surface area contributed by atoms with Crippen LogP contribution in [0.3, 0.4) is 0 Å². The number of rotatable bonds is 8. The molecule has 0 aliphatic carbocycles. The summed E-state index contributed by atoms with van der Waals surface area (Å²) >= 11 is 0.